The molecule has 0 bridgehead atoms. The van der Waals surface area contributed by atoms with Crippen LogP contribution in [-0.4, -0.2) is 57.9 Å². The van der Waals surface area contributed by atoms with Crippen LogP contribution in [0.4, 0.5) is 5.69 Å². The van der Waals surface area contributed by atoms with E-state index >= 15 is 0 Å². The van der Waals surface area contributed by atoms with Crippen molar-refractivity contribution in [3.05, 3.63) is 59.7 Å². The predicted octanol–water partition coefficient (Wildman–Crippen LogP) is 2.25. The number of aromatic nitrogens is 3. The second-order valence-electron chi connectivity index (χ2n) is 7.95. The molecule has 1 saturated heterocycles. The maximum atomic E-state index is 9.34. The Bertz CT molecular complexity index is 1070. The molecule has 0 amide bonds. The maximum Gasteiger partial charge on any atom is 0.142 e. The minimum atomic E-state index is 0.140. The molecule has 0 aliphatic carbocycles. The van der Waals surface area contributed by atoms with Crippen molar-refractivity contribution in [1.29, 1.82) is 5.26 Å². The summed E-state index contributed by atoms with van der Waals surface area (Å²) in [6, 6.07) is 10.2. The fourth-order valence-corrected chi connectivity index (χ4v) is 4.58. The molecule has 0 N–H and O–H groups in total. The summed E-state index contributed by atoms with van der Waals surface area (Å²) in [6.07, 6.45) is 6.96. The zero-order valence-corrected chi connectivity index (χ0v) is 16.5. The van der Waals surface area contributed by atoms with Crippen LogP contribution >= 0.6 is 0 Å². The molecule has 148 valence electrons. The number of morpholine rings is 1. The normalized spacial score (nSPS) is 22.4. The Morgan fingerprint density at radius 1 is 1.17 bits per heavy atom. The minimum Gasteiger partial charge on any atom is -0.370 e. The van der Waals surface area contributed by atoms with Gasteiger partial charge in [0.05, 0.1) is 29.6 Å². The quantitative estimate of drug-likeness (QED) is 0.686. The molecule has 2 atom stereocenters. The van der Waals surface area contributed by atoms with Crippen molar-refractivity contribution in [3.63, 3.8) is 0 Å². The first-order valence-corrected chi connectivity index (χ1v) is 10.1. The highest BCUT2D eigenvalue weighted by Gasteiger charge is 2.29. The molecule has 29 heavy (non-hydrogen) atoms. The van der Waals surface area contributed by atoms with E-state index in [0.29, 0.717) is 5.69 Å². The van der Waals surface area contributed by atoms with Gasteiger partial charge in [0, 0.05) is 45.1 Å². The predicted molar refractivity (Wildman–Crippen MR) is 110 cm³/mol. The largest absolute Gasteiger partial charge is 0.370 e. The van der Waals surface area contributed by atoms with Crippen molar-refractivity contribution >= 4 is 11.2 Å². The fourth-order valence-electron chi connectivity index (χ4n) is 4.58. The third kappa shape index (κ3) is 3.46. The molecule has 5 heterocycles. The van der Waals surface area contributed by atoms with Gasteiger partial charge in [0.2, 0.25) is 0 Å². The highest BCUT2D eigenvalue weighted by molar-refractivity contribution is 5.74. The van der Waals surface area contributed by atoms with Crippen molar-refractivity contribution in [3.8, 4) is 6.07 Å². The molecule has 2 aliphatic rings. The lowest BCUT2D eigenvalue weighted by Crippen LogP contribution is -2.51. The Morgan fingerprint density at radius 2 is 2.10 bits per heavy atom. The number of anilines is 1. The summed E-state index contributed by atoms with van der Waals surface area (Å²) in [5.41, 5.74) is 5.37. The van der Waals surface area contributed by atoms with Gasteiger partial charge in [0.25, 0.3) is 0 Å². The molecule has 3 aromatic rings. The van der Waals surface area contributed by atoms with E-state index in [4.69, 9.17) is 4.74 Å². The Kier molecular flexibility index (Phi) is 4.66. The third-order valence-electron chi connectivity index (χ3n) is 5.87. The van der Waals surface area contributed by atoms with Crippen LogP contribution < -0.4 is 4.90 Å². The SMILES string of the molecule is C[C@@H]1CN(c2ccc(C#N)n3nccc23)C[C@H](CN2CCc3cnccc3C2)O1. The van der Waals surface area contributed by atoms with E-state index in [9.17, 15) is 5.26 Å². The number of hydrogen-bond donors (Lipinski definition) is 0. The van der Waals surface area contributed by atoms with Crippen LogP contribution in [0.25, 0.3) is 5.52 Å². The van der Waals surface area contributed by atoms with Crippen molar-refractivity contribution in [2.75, 3.05) is 31.1 Å². The number of fused-ring (bicyclic) bond motifs is 2. The second kappa shape index (κ2) is 7.47. The van der Waals surface area contributed by atoms with E-state index in [0.717, 1.165) is 50.3 Å². The Hall–Kier alpha value is -2.95. The number of pyridine rings is 2. The molecule has 0 saturated carbocycles. The smallest absolute Gasteiger partial charge is 0.142 e. The van der Waals surface area contributed by atoms with E-state index in [1.807, 2.05) is 30.6 Å². The summed E-state index contributed by atoms with van der Waals surface area (Å²) in [7, 11) is 0. The van der Waals surface area contributed by atoms with Crippen LogP contribution in [0.1, 0.15) is 23.7 Å². The van der Waals surface area contributed by atoms with E-state index in [1.54, 1.807) is 10.7 Å². The molecular weight excluding hydrogens is 364 g/mol. The summed E-state index contributed by atoms with van der Waals surface area (Å²) < 4.78 is 8.02. The topological polar surface area (TPSA) is 69.7 Å². The average Bonchev–Trinajstić information content (AvgIpc) is 3.22. The molecule has 2 aliphatic heterocycles. The molecule has 0 aromatic carbocycles. The van der Waals surface area contributed by atoms with Gasteiger partial charge in [-0.3, -0.25) is 9.88 Å². The fraction of sp³-hybridized carbons (Fsp3) is 0.409. The Morgan fingerprint density at radius 3 is 3.00 bits per heavy atom. The van der Waals surface area contributed by atoms with Gasteiger partial charge < -0.3 is 9.64 Å². The highest BCUT2D eigenvalue weighted by atomic mass is 16.5. The van der Waals surface area contributed by atoms with Crippen molar-refractivity contribution < 1.29 is 4.74 Å². The molecule has 0 unspecified atom stereocenters. The number of ether oxygens (including phenoxy) is 1. The highest BCUT2D eigenvalue weighted by Crippen LogP contribution is 2.27. The summed E-state index contributed by atoms with van der Waals surface area (Å²) in [4.78, 5) is 9.10. The van der Waals surface area contributed by atoms with Gasteiger partial charge in [-0.2, -0.15) is 10.4 Å². The van der Waals surface area contributed by atoms with Crippen LogP contribution in [0.15, 0.2) is 42.9 Å². The average molecular weight is 388 g/mol. The maximum absolute atomic E-state index is 9.34. The van der Waals surface area contributed by atoms with Crippen LogP contribution in [-0.2, 0) is 17.7 Å². The summed E-state index contributed by atoms with van der Waals surface area (Å²) in [5.74, 6) is 0. The van der Waals surface area contributed by atoms with Gasteiger partial charge in [-0.1, -0.05) is 0 Å². The first kappa shape index (κ1) is 18.1. The zero-order valence-electron chi connectivity index (χ0n) is 16.5. The standard InChI is InChI=1S/C22H24N6O/c1-16-12-27(21-3-2-19(10-23)28-22(21)5-8-25-28)15-20(29-16)14-26-9-6-17-11-24-7-4-18(17)13-26/h2-5,7-8,11,16,20H,6,9,12-15H2,1H3/t16-,20+/m1/s1. The summed E-state index contributed by atoms with van der Waals surface area (Å²) in [5, 5.41) is 13.7. The van der Waals surface area contributed by atoms with E-state index in [-0.39, 0.29) is 12.2 Å². The lowest BCUT2D eigenvalue weighted by atomic mass is 10.0. The first-order chi connectivity index (χ1) is 14.2. The second-order valence-corrected chi connectivity index (χ2v) is 7.95. The van der Waals surface area contributed by atoms with E-state index in [2.05, 4.69) is 38.9 Å². The summed E-state index contributed by atoms with van der Waals surface area (Å²) >= 11 is 0. The van der Waals surface area contributed by atoms with Crippen LogP contribution in [0.2, 0.25) is 0 Å². The molecule has 1 fully saturated rings. The lowest BCUT2D eigenvalue weighted by molar-refractivity contribution is -0.0340. The van der Waals surface area contributed by atoms with Crippen molar-refractivity contribution in [2.45, 2.75) is 32.1 Å². The van der Waals surface area contributed by atoms with E-state index in [1.165, 1.54) is 11.1 Å². The lowest BCUT2D eigenvalue weighted by Gasteiger charge is -2.41. The third-order valence-corrected chi connectivity index (χ3v) is 5.87. The van der Waals surface area contributed by atoms with Gasteiger partial charge in [0.15, 0.2) is 0 Å². The van der Waals surface area contributed by atoms with Gasteiger partial charge >= 0.3 is 0 Å². The van der Waals surface area contributed by atoms with Gasteiger partial charge in [-0.15, -0.1) is 0 Å². The number of hydrogen-bond acceptors (Lipinski definition) is 6. The van der Waals surface area contributed by atoms with Crippen molar-refractivity contribution in [2.24, 2.45) is 0 Å². The molecule has 7 nitrogen and oxygen atoms in total. The van der Waals surface area contributed by atoms with Gasteiger partial charge in [0.1, 0.15) is 11.8 Å². The molecule has 7 heteroatoms. The van der Waals surface area contributed by atoms with E-state index < -0.39 is 0 Å². The molecule has 5 rings (SSSR count). The van der Waals surface area contributed by atoms with Crippen LogP contribution in [0, 0.1) is 11.3 Å². The number of rotatable bonds is 3. The monoisotopic (exact) mass is 388 g/mol. The van der Waals surface area contributed by atoms with Crippen LogP contribution in [0.5, 0.6) is 0 Å². The Balaban J connectivity index is 1.34. The Labute approximate surface area is 170 Å². The molecular formula is C22H24N6O. The minimum absolute atomic E-state index is 0.140. The molecule has 3 aromatic heterocycles. The summed E-state index contributed by atoms with van der Waals surface area (Å²) in [6.45, 7) is 6.70. The number of nitrogens with zero attached hydrogens (tertiary/aromatic N) is 6. The van der Waals surface area contributed by atoms with Gasteiger partial charge in [-0.05, 0) is 48.7 Å². The van der Waals surface area contributed by atoms with Crippen molar-refractivity contribution in [1.82, 2.24) is 19.5 Å². The van der Waals surface area contributed by atoms with Crippen LogP contribution in [0.3, 0.4) is 0 Å². The molecule has 0 spiro atoms. The molecule has 0 radical (unpaired) electrons. The zero-order chi connectivity index (χ0) is 19.8. The van der Waals surface area contributed by atoms with Gasteiger partial charge in [-0.25, -0.2) is 4.52 Å². The first-order valence-electron chi connectivity index (χ1n) is 10.1. The number of nitriles is 1.